The number of ether oxygens (including phenoxy) is 2. The molecule has 2 aliphatic rings. The molecule has 2 aliphatic heterocycles. The maximum Gasteiger partial charge on any atom is 0.236 e. The molecule has 1 saturated heterocycles. The van der Waals surface area contributed by atoms with Crippen LogP contribution in [0.3, 0.4) is 0 Å². The molecule has 22 heavy (non-hydrogen) atoms. The van der Waals surface area contributed by atoms with Gasteiger partial charge in [0.15, 0.2) is 0 Å². The molecule has 5 nitrogen and oxygen atoms in total. The number of rotatable bonds is 5. The summed E-state index contributed by atoms with van der Waals surface area (Å²) in [7, 11) is 1.68. The monoisotopic (exact) mass is 304 g/mol. The van der Waals surface area contributed by atoms with Crippen molar-refractivity contribution in [2.45, 2.75) is 38.8 Å². The summed E-state index contributed by atoms with van der Waals surface area (Å²) < 4.78 is 11.3. The molecule has 3 rings (SSSR count). The van der Waals surface area contributed by atoms with Gasteiger partial charge in [-0.2, -0.15) is 0 Å². The number of methoxy groups -OCH3 is 1. The molecule has 0 unspecified atom stereocenters. The van der Waals surface area contributed by atoms with Gasteiger partial charge in [-0.05, 0) is 31.9 Å². The van der Waals surface area contributed by atoms with Crippen molar-refractivity contribution in [1.82, 2.24) is 10.2 Å². The SMILES string of the molecule is COc1cc2c(cc1CNCC(=O)N1CCCC1)O[C@H](C)C2. The zero-order chi connectivity index (χ0) is 15.5. The van der Waals surface area contributed by atoms with Crippen LogP contribution in [0.25, 0.3) is 0 Å². The number of likely N-dealkylation sites (tertiary alicyclic amines) is 1. The number of nitrogens with one attached hydrogen (secondary N) is 1. The van der Waals surface area contributed by atoms with E-state index in [1.807, 2.05) is 11.0 Å². The molecule has 1 fully saturated rings. The van der Waals surface area contributed by atoms with Crippen LogP contribution in [-0.2, 0) is 17.8 Å². The Labute approximate surface area is 131 Å². The molecular formula is C17H24N2O3. The Morgan fingerprint density at radius 1 is 1.41 bits per heavy atom. The third-order valence-electron chi connectivity index (χ3n) is 4.35. The van der Waals surface area contributed by atoms with Gasteiger partial charge in [0, 0.05) is 37.2 Å². The fraction of sp³-hybridized carbons (Fsp3) is 0.588. The van der Waals surface area contributed by atoms with Crippen LogP contribution in [0.5, 0.6) is 11.5 Å². The highest BCUT2D eigenvalue weighted by Crippen LogP contribution is 2.34. The lowest BCUT2D eigenvalue weighted by atomic mass is 10.1. The lowest BCUT2D eigenvalue weighted by molar-refractivity contribution is -0.129. The number of amides is 1. The molecule has 0 saturated carbocycles. The molecule has 1 N–H and O–H groups in total. The Balaban J connectivity index is 1.60. The first-order valence-corrected chi connectivity index (χ1v) is 8.02. The van der Waals surface area contributed by atoms with Gasteiger partial charge in [-0.1, -0.05) is 0 Å². The molecular weight excluding hydrogens is 280 g/mol. The fourth-order valence-electron chi connectivity index (χ4n) is 3.19. The Bertz CT molecular complexity index is 553. The predicted molar refractivity (Wildman–Crippen MR) is 84.3 cm³/mol. The van der Waals surface area contributed by atoms with E-state index >= 15 is 0 Å². The first-order valence-electron chi connectivity index (χ1n) is 8.02. The second kappa shape index (κ2) is 6.57. The van der Waals surface area contributed by atoms with Crippen molar-refractivity contribution in [1.29, 1.82) is 0 Å². The smallest absolute Gasteiger partial charge is 0.236 e. The summed E-state index contributed by atoms with van der Waals surface area (Å²) >= 11 is 0. The van der Waals surface area contributed by atoms with E-state index in [0.29, 0.717) is 13.1 Å². The zero-order valence-corrected chi connectivity index (χ0v) is 13.4. The molecule has 0 aromatic heterocycles. The first-order chi connectivity index (χ1) is 10.7. The number of carbonyl (C=O) groups excluding carboxylic acids is 1. The molecule has 120 valence electrons. The maximum atomic E-state index is 12.0. The number of hydrogen-bond acceptors (Lipinski definition) is 4. The van der Waals surface area contributed by atoms with Gasteiger partial charge < -0.3 is 19.7 Å². The van der Waals surface area contributed by atoms with Crippen LogP contribution in [-0.4, -0.2) is 43.7 Å². The molecule has 0 aliphatic carbocycles. The Hall–Kier alpha value is -1.75. The Morgan fingerprint density at radius 2 is 2.18 bits per heavy atom. The van der Waals surface area contributed by atoms with E-state index in [1.165, 1.54) is 5.56 Å². The van der Waals surface area contributed by atoms with Gasteiger partial charge in [0.1, 0.15) is 17.6 Å². The normalized spacial score (nSPS) is 19.9. The van der Waals surface area contributed by atoms with Crippen LogP contribution < -0.4 is 14.8 Å². The summed E-state index contributed by atoms with van der Waals surface area (Å²) in [5.74, 6) is 1.98. The Morgan fingerprint density at radius 3 is 2.91 bits per heavy atom. The number of nitrogens with zero attached hydrogens (tertiary/aromatic N) is 1. The van der Waals surface area contributed by atoms with Gasteiger partial charge in [0.2, 0.25) is 5.91 Å². The minimum absolute atomic E-state index is 0.183. The molecule has 1 aromatic rings. The summed E-state index contributed by atoms with van der Waals surface area (Å²) in [6, 6.07) is 4.09. The number of carbonyl (C=O) groups is 1. The van der Waals surface area contributed by atoms with E-state index in [1.54, 1.807) is 7.11 Å². The standard InChI is InChI=1S/C17H24N2O3/c1-12-7-13-8-15(21-2)14(9-16(13)22-12)10-18-11-17(20)19-5-3-4-6-19/h8-9,12,18H,3-7,10-11H2,1-2H3/t12-/m1/s1. The van der Waals surface area contributed by atoms with Crippen molar-refractivity contribution < 1.29 is 14.3 Å². The average Bonchev–Trinajstić information content (AvgIpc) is 3.14. The number of hydrogen-bond donors (Lipinski definition) is 1. The number of benzene rings is 1. The van der Waals surface area contributed by atoms with Crippen molar-refractivity contribution in [3.05, 3.63) is 23.3 Å². The summed E-state index contributed by atoms with van der Waals surface area (Å²) in [5.41, 5.74) is 2.23. The second-order valence-electron chi connectivity index (χ2n) is 6.10. The lowest BCUT2D eigenvalue weighted by Gasteiger charge is -2.16. The highest BCUT2D eigenvalue weighted by Gasteiger charge is 2.22. The molecule has 2 heterocycles. The van der Waals surface area contributed by atoms with E-state index in [2.05, 4.69) is 18.3 Å². The van der Waals surface area contributed by atoms with Gasteiger partial charge in [0.05, 0.1) is 13.7 Å². The van der Waals surface area contributed by atoms with Crippen molar-refractivity contribution in [3.63, 3.8) is 0 Å². The second-order valence-corrected chi connectivity index (χ2v) is 6.10. The van der Waals surface area contributed by atoms with E-state index in [-0.39, 0.29) is 12.0 Å². The van der Waals surface area contributed by atoms with E-state index in [9.17, 15) is 4.79 Å². The molecule has 0 bridgehead atoms. The highest BCUT2D eigenvalue weighted by atomic mass is 16.5. The first kappa shape index (κ1) is 15.2. The van der Waals surface area contributed by atoms with Crippen molar-refractivity contribution in [3.8, 4) is 11.5 Å². The van der Waals surface area contributed by atoms with Crippen molar-refractivity contribution in [2.75, 3.05) is 26.7 Å². The zero-order valence-electron chi connectivity index (χ0n) is 13.4. The predicted octanol–water partition coefficient (Wildman–Crippen LogP) is 1.73. The van der Waals surface area contributed by atoms with Crippen molar-refractivity contribution in [2.24, 2.45) is 0 Å². The van der Waals surface area contributed by atoms with Crippen LogP contribution in [0.2, 0.25) is 0 Å². The summed E-state index contributed by atoms with van der Waals surface area (Å²) in [5, 5.41) is 3.23. The lowest BCUT2D eigenvalue weighted by Crippen LogP contribution is -2.36. The maximum absolute atomic E-state index is 12.0. The third-order valence-corrected chi connectivity index (χ3v) is 4.35. The van der Waals surface area contributed by atoms with E-state index in [0.717, 1.165) is 49.4 Å². The molecule has 1 amide bonds. The highest BCUT2D eigenvalue weighted by molar-refractivity contribution is 5.78. The van der Waals surface area contributed by atoms with Gasteiger partial charge in [-0.15, -0.1) is 0 Å². The quantitative estimate of drug-likeness (QED) is 0.900. The van der Waals surface area contributed by atoms with E-state index in [4.69, 9.17) is 9.47 Å². The van der Waals surface area contributed by atoms with Gasteiger partial charge in [-0.3, -0.25) is 4.79 Å². The largest absolute Gasteiger partial charge is 0.496 e. The minimum atomic E-state index is 0.183. The topological polar surface area (TPSA) is 50.8 Å². The van der Waals surface area contributed by atoms with Crippen molar-refractivity contribution >= 4 is 5.91 Å². The Kier molecular flexibility index (Phi) is 4.52. The number of fused-ring (bicyclic) bond motifs is 1. The third kappa shape index (κ3) is 3.19. The van der Waals surface area contributed by atoms with Crippen LogP contribution in [0, 0.1) is 0 Å². The van der Waals surface area contributed by atoms with Gasteiger partial charge >= 0.3 is 0 Å². The molecule has 0 radical (unpaired) electrons. The fourth-order valence-corrected chi connectivity index (χ4v) is 3.19. The van der Waals surface area contributed by atoms with Gasteiger partial charge in [0.25, 0.3) is 0 Å². The van der Waals surface area contributed by atoms with Crippen LogP contribution in [0.4, 0.5) is 0 Å². The summed E-state index contributed by atoms with van der Waals surface area (Å²) in [6.45, 7) is 4.84. The molecule has 5 heteroatoms. The molecule has 1 atom stereocenters. The van der Waals surface area contributed by atoms with Crippen LogP contribution >= 0.6 is 0 Å². The van der Waals surface area contributed by atoms with Crippen LogP contribution in [0.1, 0.15) is 30.9 Å². The van der Waals surface area contributed by atoms with E-state index < -0.39 is 0 Å². The van der Waals surface area contributed by atoms with Crippen LogP contribution in [0.15, 0.2) is 12.1 Å². The average molecular weight is 304 g/mol. The van der Waals surface area contributed by atoms with Gasteiger partial charge in [-0.25, -0.2) is 0 Å². The molecule has 1 aromatic carbocycles. The summed E-state index contributed by atoms with van der Waals surface area (Å²) in [4.78, 5) is 14.0. The molecule has 0 spiro atoms. The summed E-state index contributed by atoms with van der Waals surface area (Å²) in [6.07, 6.45) is 3.40. The minimum Gasteiger partial charge on any atom is -0.496 e.